The lowest BCUT2D eigenvalue weighted by atomic mass is 10.0. The average molecular weight is 226 g/mol. The van der Waals surface area contributed by atoms with Gasteiger partial charge in [0.05, 0.1) is 0 Å². The Morgan fingerprint density at radius 2 is 2.33 bits per heavy atom. The molecule has 1 aliphatic rings. The van der Waals surface area contributed by atoms with Crippen molar-refractivity contribution < 1.29 is 4.79 Å². The van der Waals surface area contributed by atoms with Crippen LogP contribution < -0.4 is 11.1 Å². The number of nitrogens with one attached hydrogen (secondary N) is 1. The molecule has 0 aliphatic heterocycles. The van der Waals surface area contributed by atoms with Gasteiger partial charge in [0, 0.05) is 13.5 Å². The van der Waals surface area contributed by atoms with Crippen LogP contribution in [0.25, 0.3) is 0 Å². The Morgan fingerprint density at radius 1 is 1.67 bits per heavy atom. The molecule has 0 saturated carbocycles. The van der Waals surface area contributed by atoms with Crippen molar-refractivity contribution in [2.45, 2.75) is 25.7 Å². The van der Waals surface area contributed by atoms with Gasteiger partial charge in [-0.25, -0.2) is 0 Å². The molecule has 0 fully saturated rings. The lowest BCUT2D eigenvalue weighted by molar-refractivity contribution is -0.107. The fourth-order valence-electron chi connectivity index (χ4n) is 1.08. The fourth-order valence-corrected chi connectivity index (χ4v) is 1.08. The molecular formula is C11H18N2OS. The van der Waals surface area contributed by atoms with Crippen molar-refractivity contribution >= 4 is 23.6 Å². The maximum absolute atomic E-state index is 10.00. The number of rotatable bonds is 3. The first-order valence-corrected chi connectivity index (χ1v) is 5.38. The monoisotopic (exact) mass is 226 g/mol. The molecule has 3 nitrogen and oxygen atoms in total. The molecule has 15 heavy (non-hydrogen) atoms. The van der Waals surface area contributed by atoms with Crippen molar-refractivity contribution in [3.8, 4) is 0 Å². The highest BCUT2D eigenvalue weighted by Gasteiger charge is 1.95. The average Bonchev–Trinajstić information content (AvgIpc) is 2.28. The zero-order valence-corrected chi connectivity index (χ0v) is 9.85. The number of allylic oxidation sites excluding steroid dienone is 4. The fraction of sp³-hybridized carbons (Fsp3) is 0.455. The summed E-state index contributed by atoms with van der Waals surface area (Å²) in [4.78, 5) is 10.00. The zero-order valence-electron chi connectivity index (χ0n) is 9.03. The molecular weight excluding hydrogens is 208 g/mol. The van der Waals surface area contributed by atoms with E-state index in [-0.39, 0.29) is 0 Å². The highest BCUT2D eigenvalue weighted by Crippen LogP contribution is 2.13. The third-order valence-electron chi connectivity index (χ3n) is 1.87. The van der Waals surface area contributed by atoms with Gasteiger partial charge in [-0.2, -0.15) is 0 Å². The zero-order chi connectivity index (χ0) is 11.5. The Kier molecular flexibility index (Phi) is 8.67. The Bertz CT molecular complexity index is 259. The van der Waals surface area contributed by atoms with Gasteiger partial charge in [-0.05, 0) is 31.5 Å². The summed E-state index contributed by atoms with van der Waals surface area (Å²) < 4.78 is 0. The standard InChI is InChI=1S/C9H12O.C2H6N2S/c10-8-4-7-9-5-2-1-3-6-9;1-4-2(3)5/h2,5-6,8H,1,3-4,7H2;1H3,(H3,3,4,5). The molecule has 0 bridgehead atoms. The summed E-state index contributed by atoms with van der Waals surface area (Å²) in [6.07, 6.45) is 11.4. The van der Waals surface area contributed by atoms with Gasteiger partial charge in [-0.15, -0.1) is 0 Å². The molecule has 0 unspecified atom stereocenters. The molecule has 0 saturated heterocycles. The highest BCUT2D eigenvalue weighted by atomic mass is 32.1. The van der Waals surface area contributed by atoms with E-state index in [2.05, 4.69) is 35.8 Å². The summed E-state index contributed by atoms with van der Waals surface area (Å²) in [5, 5.41) is 2.88. The summed E-state index contributed by atoms with van der Waals surface area (Å²) in [6.45, 7) is 0. The van der Waals surface area contributed by atoms with Crippen molar-refractivity contribution in [3.05, 3.63) is 23.8 Å². The first-order valence-electron chi connectivity index (χ1n) is 4.97. The van der Waals surface area contributed by atoms with E-state index in [1.54, 1.807) is 7.05 Å². The number of hydrogen-bond acceptors (Lipinski definition) is 2. The Morgan fingerprint density at radius 3 is 2.73 bits per heavy atom. The van der Waals surface area contributed by atoms with Crippen LogP contribution in [-0.2, 0) is 4.79 Å². The number of thiocarbonyl (C=S) groups is 1. The van der Waals surface area contributed by atoms with E-state index in [9.17, 15) is 4.79 Å². The number of aldehydes is 1. The van der Waals surface area contributed by atoms with Crippen LogP contribution in [0.15, 0.2) is 23.8 Å². The third kappa shape index (κ3) is 9.15. The van der Waals surface area contributed by atoms with Crippen LogP contribution in [0.5, 0.6) is 0 Å². The molecule has 0 aromatic rings. The minimum Gasteiger partial charge on any atom is -0.376 e. The van der Waals surface area contributed by atoms with Crippen LogP contribution in [-0.4, -0.2) is 18.4 Å². The van der Waals surface area contributed by atoms with Crippen LogP contribution in [0.2, 0.25) is 0 Å². The summed E-state index contributed by atoms with van der Waals surface area (Å²) in [7, 11) is 1.68. The predicted molar refractivity (Wildman–Crippen MR) is 67.6 cm³/mol. The molecule has 0 heterocycles. The van der Waals surface area contributed by atoms with Crippen LogP contribution >= 0.6 is 12.2 Å². The van der Waals surface area contributed by atoms with E-state index >= 15 is 0 Å². The number of nitrogens with two attached hydrogens (primary N) is 1. The van der Waals surface area contributed by atoms with E-state index in [0.717, 1.165) is 25.5 Å². The first kappa shape index (κ1) is 13.8. The topological polar surface area (TPSA) is 55.1 Å². The predicted octanol–water partition coefficient (Wildman–Crippen LogP) is 1.69. The number of carbonyl (C=O) groups excluding carboxylic acids is 1. The Hall–Kier alpha value is -1.16. The quantitative estimate of drug-likeness (QED) is 0.568. The van der Waals surface area contributed by atoms with Gasteiger partial charge >= 0.3 is 0 Å². The summed E-state index contributed by atoms with van der Waals surface area (Å²) >= 11 is 4.36. The van der Waals surface area contributed by atoms with E-state index in [1.165, 1.54) is 5.57 Å². The molecule has 1 aliphatic carbocycles. The van der Waals surface area contributed by atoms with Gasteiger partial charge in [0.1, 0.15) is 6.29 Å². The molecule has 0 aromatic carbocycles. The highest BCUT2D eigenvalue weighted by molar-refractivity contribution is 7.80. The van der Waals surface area contributed by atoms with Crippen LogP contribution in [0, 0.1) is 0 Å². The molecule has 4 heteroatoms. The van der Waals surface area contributed by atoms with E-state index < -0.39 is 0 Å². The molecule has 0 spiro atoms. The van der Waals surface area contributed by atoms with Gasteiger partial charge in [-0.3, -0.25) is 0 Å². The second-order valence-electron chi connectivity index (χ2n) is 3.08. The van der Waals surface area contributed by atoms with E-state index in [4.69, 9.17) is 5.73 Å². The van der Waals surface area contributed by atoms with Crippen LogP contribution in [0.1, 0.15) is 25.7 Å². The second kappa shape index (κ2) is 9.40. The molecule has 0 amide bonds. The number of carbonyl (C=O) groups is 1. The molecule has 84 valence electrons. The van der Waals surface area contributed by atoms with Gasteiger partial charge in [0.25, 0.3) is 0 Å². The molecule has 0 aromatic heterocycles. The van der Waals surface area contributed by atoms with Gasteiger partial charge in [0.2, 0.25) is 0 Å². The van der Waals surface area contributed by atoms with E-state index in [0.29, 0.717) is 11.5 Å². The third-order valence-corrected chi connectivity index (χ3v) is 2.07. The van der Waals surface area contributed by atoms with Crippen molar-refractivity contribution in [1.29, 1.82) is 0 Å². The maximum atomic E-state index is 10.00. The Labute approximate surface area is 96.4 Å². The first-order chi connectivity index (χ1) is 7.20. The summed E-state index contributed by atoms with van der Waals surface area (Å²) in [5.41, 5.74) is 6.23. The van der Waals surface area contributed by atoms with Crippen molar-refractivity contribution in [1.82, 2.24) is 5.32 Å². The lowest BCUT2D eigenvalue weighted by Gasteiger charge is -2.02. The van der Waals surface area contributed by atoms with E-state index in [1.807, 2.05) is 0 Å². The van der Waals surface area contributed by atoms with Gasteiger partial charge in [-0.1, -0.05) is 23.8 Å². The normalized spacial score (nSPS) is 13.3. The SMILES string of the molecule is CNC(N)=S.O=CCCC1=CCCC=C1. The van der Waals surface area contributed by atoms with Gasteiger partial charge in [0.15, 0.2) is 5.11 Å². The second-order valence-corrected chi connectivity index (χ2v) is 3.52. The van der Waals surface area contributed by atoms with Crippen LogP contribution in [0.4, 0.5) is 0 Å². The van der Waals surface area contributed by atoms with Crippen LogP contribution in [0.3, 0.4) is 0 Å². The molecule has 0 atom stereocenters. The summed E-state index contributed by atoms with van der Waals surface area (Å²) in [5.74, 6) is 0. The maximum Gasteiger partial charge on any atom is 0.163 e. The number of hydrogen-bond donors (Lipinski definition) is 2. The minimum absolute atomic E-state index is 0.338. The molecule has 3 N–H and O–H groups in total. The summed E-state index contributed by atoms with van der Waals surface area (Å²) in [6, 6.07) is 0. The molecule has 1 rings (SSSR count). The minimum atomic E-state index is 0.338. The van der Waals surface area contributed by atoms with Crippen molar-refractivity contribution in [3.63, 3.8) is 0 Å². The van der Waals surface area contributed by atoms with Crippen molar-refractivity contribution in [2.75, 3.05) is 7.05 Å². The lowest BCUT2D eigenvalue weighted by Crippen LogP contribution is -2.24. The molecule has 0 radical (unpaired) electrons. The van der Waals surface area contributed by atoms with Gasteiger partial charge < -0.3 is 15.8 Å². The smallest absolute Gasteiger partial charge is 0.163 e. The largest absolute Gasteiger partial charge is 0.376 e. The van der Waals surface area contributed by atoms with Crippen molar-refractivity contribution in [2.24, 2.45) is 5.73 Å². The Balaban J connectivity index is 0.000000336.